The minimum atomic E-state index is -0.593. The molecule has 2 N–H and O–H groups in total. The molecule has 32 heavy (non-hydrogen) atoms. The third-order valence-corrected chi connectivity index (χ3v) is 6.68. The van der Waals surface area contributed by atoms with E-state index in [9.17, 15) is 9.59 Å². The van der Waals surface area contributed by atoms with E-state index in [0.29, 0.717) is 52.0 Å². The minimum absolute atomic E-state index is 0.0318. The van der Waals surface area contributed by atoms with Crippen LogP contribution in [0.5, 0.6) is 11.5 Å². The number of fused-ring (bicyclic) bond motifs is 1. The van der Waals surface area contributed by atoms with Crippen molar-refractivity contribution in [2.24, 2.45) is 5.41 Å². The van der Waals surface area contributed by atoms with E-state index in [2.05, 4.69) is 24.1 Å². The number of hydrogen-bond acceptors (Lipinski definition) is 7. The second-order valence-corrected chi connectivity index (χ2v) is 10.9. The van der Waals surface area contributed by atoms with E-state index < -0.39 is 5.92 Å². The van der Waals surface area contributed by atoms with Crippen LogP contribution in [0, 0.1) is 5.41 Å². The Balaban J connectivity index is 2.00. The first-order chi connectivity index (χ1) is 15.1. The Morgan fingerprint density at radius 3 is 2.56 bits per heavy atom. The molecule has 7 nitrogen and oxygen atoms in total. The molecule has 0 bridgehead atoms. The van der Waals surface area contributed by atoms with Crippen LogP contribution in [0.15, 0.2) is 39.4 Å². The number of aromatic amines is 1. The van der Waals surface area contributed by atoms with Crippen LogP contribution < -0.4 is 20.3 Å². The molecule has 1 aromatic heterocycles. The number of nitrogens with one attached hydrogen (secondary N) is 2. The quantitative estimate of drug-likeness (QED) is 0.507. The number of aromatic nitrogens is 2. The SMILES string of the molecule is COc1ccc(OC)c(C2C3=C(CC(C)(C)CC3=O)Nc3nc(SC(C)C)[nH]c(=O)c32)c1. The summed E-state index contributed by atoms with van der Waals surface area (Å²) in [5, 5.41) is 4.16. The summed E-state index contributed by atoms with van der Waals surface area (Å²) in [6.45, 7) is 8.26. The molecule has 0 saturated carbocycles. The first-order valence-corrected chi connectivity index (χ1v) is 11.6. The minimum Gasteiger partial charge on any atom is -0.497 e. The molecular weight excluding hydrogens is 426 g/mol. The molecule has 0 radical (unpaired) electrons. The van der Waals surface area contributed by atoms with Gasteiger partial charge in [-0.25, -0.2) is 4.98 Å². The summed E-state index contributed by atoms with van der Waals surface area (Å²) in [4.78, 5) is 34.4. The number of nitrogens with zero attached hydrogens (tertiary/aromatic N) is 1. The first-order valence-electron chi connectivity index (χ1n) is 10.7. The lowest BCUT2D eigenvalue weighted by Crippen LogP contribution is -2.37. The number of H-pyrrole nitrogens is 1. The predicted octanol–water partition coefficient (Wildman–Crippen LogP) is 4.49. The highest BCUT2D eigenvalue weighted by Gasteiger charge is 2.43. The van der Waals surface area contributed by atoms with Gasteiger partial charge in [-0.15, -0.1) is 0 Å². The van der Waals surface area contributed by atoms with E-state index >= 15 is 0 Å². The molecule has 8 heteroatoms. The van der Waals surface area contributed by atoms with Gasteiger partial charge in [0, 0.05) is 28.5 Å². The lowest BCUT2D eigenvalue weighted by Gasteiger charge is -2.38. The van der Waals surface area contributed by atoms with E-state index in [1.54, 1.807) is 26.4 Å². The van der Waals surface area contributed by atoms with Crippen molar-refractivity contribution in [3.05, 3.63) is 50.9 Å². The summed E-state index contributed by atoms with van der Waals surface area (Å²) >= 11 is 1.49. The van der Waals surface area contributed by atoms with Crippen LogP contribution in [0.4, 0.5) is 5.82 Å². The Kier molecular flexibility index (Phi) is 5.83. The molecule has 0 amide bonds. The average molecular weight is 456 g/mol. The van der Waals surface area contributed by atoms with Gasteiger partial charge in [-0.05, 0) is 30.0 Å². The van der Waals surface area contributed by atoms with Crippen LogP contribution in [-0.2, 0) is 4.79 Å². The zero-order valence-corrected chi connectivity index (χ0v) is 20.1. The number of thioether (sulfide) groups is 1. The summed E-state index contributed by atoms with van der Waals surface area (Å²) in [6, 6.07) is 5.45. The van der Waals surface area contributed by atoms with Crippen molar-refractivity contribution < 1.29 is 14.3 Å². The number of anilines is 1. The van der Waals surface area contributed by atoms with Gasteiger partial charge in [-0.1, -0.05) is 39.5 Å². The Bertz CT molecular complexity index is 1170. The van der Waals surface area contributed by atoms with Gasteiger partial charge in [-0.3, -0.25) is 9.59 Å². The zero-order chi connectivity index (χ0) is 23.2. The molecule has 2 aromatic rings. The number of methoxy groups -OCH3 is 2. The highest BCUT2D eigenvalue weighted by molar-refractivity contribution is 7.99. The second-order valence-electron chi connectivity index (χ2n) is 9.30. The van der Waals surface area contributed by atoms with E-state index in [-0.39, 0.29) is 22.0 Å². The smallest absolute Gasteiger partial charge is 0.257 e. The van der Waals surface area contributed by atoms with Gasteiger partial charge in [0.05, 0.1) is 25.7 Å². The number of allylic oxidation sites excluding steroid dienone is 2. The Morgan fingerprint density at radius 1 is 1.16 bits per heavy atom. The van der Waals surface area contributed by atoms with Crippen molar-refractivity contribution in [3.8, 4) is 11.5 Å². The Labute approximate surface area is 192 Å². The van der Waals surface area contributed by atoms with Crippen LogP contribution >= 0.6 is 11.8 Å². The molecular formula is C24H29N3O4S. The lowest BCUT2D eigenvalue weighted by atomic mass is 9.69. The van der Waals surface area contributed by atoms with Crippen molar-refractivity contribution in [1.82, 2.24) is 9.97 Å². The summed E-state index contributed by atoms with van der Waals surface area (Å²) in [5.41, 5.74) is 2.14. The molecule has 1 aliphatic heterocycles. The molecule has 2 aliphatic rings. The normalized spacial score (nSPS) is 19.3. The summed E-state index contributed by atoms with van der Waals surface area (Å²) in [7, 11) is 3.17. The molecule has 0 fully saturated rings. The fraction of sp³-hybridized carbons (Fsp3) is 0.458. The zero-order valence-electron chi connectivity index (χ0n) is 19.3. The maximum absolute atomic E-state index is 13.4. The summed E-state index contributed by atoms with van der Waals surface area (Å²) in [6.07, 6.45) is 1.11. The fourth-order valence-electron chi connectivity index (χ4n) is 4.55. The number of hydrogen-bond donors (Lipinski definition) is 2. The van der Waals surface area contributed by atoms with Crippen LogP contribution in [0.1, 0.15) is 57.6 Å². The van der Waals surface area contributed by atoms with Crippen molar-refractivity contribution in [2.45, 2.75) is 56.9 Å². The van der Waals surface area contributed by atoms with Crippen LogP contribution in [0.2, 0.25) is 0 Å². The molecule has 0 saturated heterocycles. The van der Waals surface area contributed by atoms with E-state index in [1.165, 1.54) is 11.8 Å². The Hall–Kier alpha value is -2.74. The lowest BCUT2D eigenvalue weighted by molar-refractivity contribution is -0.118. The van der Waals surface area contributed by atoms with Crippen molar-refractivity contribution >= 4 is 23.4 Å². The van der Waals surface area contributed by atoms with Crippen LogP contribution in [0.25, 0.3) is 0 Å². The standard InChI is InChI=1S/C24H29N3O4S/c1-12(2)32-23-26-21-20(22(29)27-23)18(14-9-13(30-5)7-8-17(14)31-6)19-15(25-21)10-24(3,4)11-16(19)28/h7-9,12,18H,10-11H2,1-6H3,(H2,25,26,27,29). The van der Waals surface area contributed by atoms with E-state index in [0.717, 1.165) is 5.70 Å². The molecule has 1 atom stereocenters. The third kappa shape index (κ3) is 4.03. The molecule has 170 valence electrons. The molecule has 0 spiro atoms. The fourth-order valence-corrected chi connectivity index (χ4v) is 5.29. The predicted molar refractivity (Wildman–Crippen MR) is 126 cm³/mol. The van der Waals surface area contributed by atoms with Gasteiger partial charge in [0.2, 0.25) is 0 Å². The average Bonchev–Trinajstić information content (AvgIpc) is 2.70. The van der Waals surface area contributed by atoms with E-state index in [4.69, 9.17) is 14.5 Å². The monoisotopic (exact) mass is 455 g/mol. The van der Waals surface area contributed by atoms with Crippen molar-refractivity contribution in [3.63, 3.8) is 0 Å². The highest BCUT2D eigenvalue weighted by atomic mass is 32.2. The Morgan fingerprint density at radius 2 is 1.91 bits per heavy atom. The molecule has 4 rings (SSSR count). The number of carbonyl (C=O) groups is 1. The highest BCUT2D eigenvalue weighted by Crippen LogP contribution is 2.49. The van der Waals surface area contributed by atoms with Gasteiger partial charge >= 0.3 is 0 Å². The second kappa shape index (κ2) is 8.31. The van der Waals surface area contributed by atoms with Gasteiger partial charge in [0.25, 0.3) is 5.56 Å². The van der Waals surface area contributed by atoms with Gasteiger partial charge < -0.3 is 19.8 Å². The molecule has 1 unspecified atom stereocenters. The maximum atomic E-state index is 13.4. The molecule has 2 heterocycles. The molecule has 1 aliphatic carbocycles. The number of carbonyl (C=O) groups excluding carboxylic acids is 1. The van der Waals surface area contributed by atoms with Gasteiger partial charge in [-0.2, -0.15) is 0 Å². The first kappa shape index (κ1) is 22.5. The van der Waals surface area contributed by atoms with Crippen molar-refractivity contribution in [2.75, 3.05) is 19.5 Å². The maximum Gasteiger partial charge on any atom is 0.257 e. The number of ether oxygens (including phenoxy) is 2. The third-order valence-electron chi connectivity index (χ3n) is 5.80. The molecule has 1 aromatic carbocycles. The van der Waals surface area contributed by atoms with Crippen LogP contribution in [0.3, 0.4) is 0 Å². The van der Waals surface area contributed by atoms with Gasteiger partial charge in [0.15, 0.2) is 10.9 Å². The summed E-state index contributed by atoms with van der Waals surface area (Å²) in [5.74, 6) is 1.15. The largest absolute Gasteiger partial charge is 0.497 e. The summed E-state index contributed by atoms with van der Waals surface area (Å²) < 4.78 is 11.1. The van der Waals surface area contributed by atoms with Crippen LogP contribution in [-0.4, -0.2) is 35.2 Å². The number of Topliss-reactive ketones (excluding diaryl/α,β-unsaturated/α-hetero) is 1. The topological polar surface area (TPSA) is 93.3 Å². The number of rotatable bonds is 5. The number of benzene rings is 1. The van der Waals surface area contributed by atoms with E-state index in [1.807, 2.05) is 19.9 Å². The van der Waals surface area contributed by atoms with Crippen molar-refractivity contribution in [1.29, 1.82) is 0 Å². The number of ketones is 1. The van der Waals surface area contributed by atoms with Gasteiger partial charge in [0.1, 0.15) is 17.3 Å².